The Labute approximate surface area is 84.6 Å². The van der Waals surface area contributed by atoms with E-state index in [0.717, 1.165) is 10.5 Å². The van der Waals surface area contributed by atoms with E-state index < -0.39 is 0 Å². The molecule has 0 radical (unpaired) electrons. The van der Waals surface area contributed by atoms with Gasteiger partial charge in [-0.15, -0.1) is 30.1 Å². The molecule has 12 heavy (non-hydrogen) atoms. The SMILES string of the molecule is C=CC[C@@H](C)CC1SCCCS1. The van der Waals surface area contributed by atoms with E-state index in [9.17, 15) is 0 Å². The van der Waals surface area contributed by atoms with Crippen molar-refractivity contribution in [1.29, 1.82) is 0 Å². The van der Waals surface area contributed by atoms with Crippen molar-refractivity contribution in [3.8, 4) is 0 Å². The van der Waals surface area contributed by atoms with Crippen LogP contribution in [0.3, 0.4) is 0 Å². The first-order valence-electron chi connectivity index (χ1n) is 4.67. The first kappa shape index (κ1) is 10.5. The highest BCUT2D eigenvalue weighted by atomic mass is 32.2. The molecule has 1 heterocycles. The van der Waals surface area contributed by atoms with E-state index in [2.05, 4.69) is 37.0 Å². The molecule has 0 bridgehead atoms. The van der Waals surface area contributed by atoms with E-state index in [1.54, 1.807) is 0 Å². The van der Waals surface area contributed by atoms with Crippen LogP contribution in [0.25, 0.3) is 0 Å². The van der Waals surface area contributed by atoms with Crippen molar-refractivity contribution in [1.82, 2.24) is 0 Å². The zero-order valence-electron chi connectivity index (χ0n) is 7.79. The lowest BCUT2D eigenvalue weighted by Gasteiger charge is -2.23. The standard InChI is InChI=1S/C10H18S2/c1-3-5-9(2)8-10-11-6-4-7-12-10/h3,9-10H,1,4-8H2,2H3/t9-/m1/s1. The number of allylic oxidation sites excluding steroid dienone is 1. The summed E-state index contributed by atoms with van der Waals surface area (Å²) < 4.78 is 0.869. The maximum atomic E-state index is 3.78. The zero-order valence-corrected chi connectivity index (χ0v) is 9.42. The van der Waals surface area contributed by atoms with Crippen LogP contribution in [0, 0.1) is 5.92 Å². The molecule has 0 saturated carbocycles. The number of rotatable bonds is 4. The van der Waals surface area contributed by atoms with Gasteiger partial charge in [0, 0.05) is 0 Å². The Morgan fingerprint density at radius 2 is 2.17 bits per heavy atom. The molecule has 2 heteroatoms. The molecule has 1 aliphatic rings. The van der Waals surface area contributed by atoms with Gasteiger partial charge < -0.3 is 0 Å². The largest absolute Gasteiger partial charge is 0.148 e. The van der Waals surface area contributed by atoms with Crippen molar-refractivity contribution >= 4 is 23.5 Å². The second-order valence-electron chi connectivity index (χ2n) is 3.39. The van der Waals surface area contributed by atoms with Crippen LogP contribution in [0.15, 0.2) is 12.7 Å². The zero-order chi connectivity index (χ0) is 8.81. The van der Waals surface area contributed by atoms with Crippen molar-refractivity contribution < 1.29 is 0 Å². The molecule has 0 amide bonds. The van der Waals surface area contributed by atoms with Gasteiger partial charge in [-0.05, 0) is 36.7 Å². The molecule has 1 aliphatic heterocycles. The van der Waals surface area contributed by atoms with Gasteiger partial charge in [0.15, 0.2) is 0 Å². The summed E-state index contributed by atoms with van der Waals surface area (Å²) in [5, 5.41) is 0. The van der Waals surface area contributed by atoms with Gasteiger partial charge in [-0.25, -0.2) is 0 Å². The number of hydrogen-bond acceptors (Lipinski definition) is 2. The summed E-state index contributed by atoms with van der Waals surface area (Å²) in [5.41, 5.74) is 0. The lowest BCUT2D eigenvalue weighted by molar-refractivity contribution is 0.567. The lowest BCUT2D eigenvalue weighted by Crippen LogP contribution is -2.10. The van der Waals surface area contributed by atoms with Gasteiger partial charge in [-0.1, -0.05) is 13.0 Å². The first-order valence-corrected chi connectivity index (χ1v) is 6.76. The predicted molar refractivity (Wildman–Crippen MR) is 61.9 cm³/mol. The topological polar surface area (TPSA) is 0 Å². The third-order valence-electron chi connectivity index (χ3n) is 2.06. The van der Waals surface area contributed by atoms with Crippen LogP contribution >= 0.6 is 23.5 Å². The van der Waals surface area contributed by atoms with Gasteiger partial charge in [-0.2, -0.15) is 0 Å². The van der Waals surface area contributed by atoms with Gasteiger partial charge in [0.25, 0.3) is 0 Å². The third kappa shape index (κ3) is 3.90. The summed E-state index contributed by atoms with van der Waals surface area (Å²) in [6.07, 6.45) is 5.99. The quantitative estimate of drug-likeness (QED) is 0.636. The van der Waals surface area contributed by atoms with Crippen LogP contribution in [0.4, 0.5) is 0 Å². The molecule has 0 spiro atoms. The highest BCUT2D eigenvalue weighted by Gasteiger charge is 2.16. The van der Waals surface area contributed by atoms with E-state index >= 15 is 0 Å². The Balaban J connectivity index is 2.15. The normalized spacial score (nSPS) is 22.1. The molecular formula is C10H18S2. The van der Waals surface area contributed by atoms with Crippen molar-refractivity contribution in [2.24, 2.45) is 5.92 Å². The Hall–Kier alpha value is 0.440. The first-order chi connectivity index (χ1) is 5.83. The fourth-order valence-corrected chi connectivity index (χ4v) is 4.60. The van der Waals surface area contributed by atoms with E-state index in [-0.39, 0.29) is 0 Å². The van der Waals surface area contributed by atoms with Crippen LogP contribution in [-0.2, 0) is 0 Å². The summed E-state index contributed by atoms with van der Waals surface area (Å²) in [7, 11) is 0. The maximum absolute atomic E-state index is 3.78. The third-order valence-corrected chi connectivity index (χ3v) is 5.05. The van der Waals surface area contributed by atoms with E-state index in [1.807, 2.05) is 6.08 Å². The van der Waals surface area contributed by atoms with Crippen molar-refractivity contribution in [2.45, 2.75) is 30.8 Å². The van der Waals surface area contributed by atoms with E-state index in [1.165, 1.54) is 30.8 Å². The van der Waals surface area contributed by atoms with E-state index in [4.69, 9.17) is 0 Å². The van der Waals surface area contributed by atoms with Crippen LogP contribution in [0.1, 0.15) is 26.2 Å². The number of thioether (sulfide) groups is 2. The molecule has 1 atom stereocenters. The van der Waals surface area contributed by atoms with E-state index in [0.29, 0.717) is 0 Å². The lowest BCUT2D eigenvalue weighted by atomic mass is 10.1. The smallest absolute Gasteiger partial charge is 0.0505 e. The molecule has 0 unspecified atom stereocenters. The highest BCUT2D eigenvalue weighted by Crippen LogP contribution is 2.35. The van der Waals surface area contributed by atoms with Crippen LogP contribution in [0.5, 0.6) is 0 Å². The molecular weight excluding hydrogens is 184 g/mol. The summed E-state index contributed by atoms with van der Waals surface area (Å²) in [6.45, 7) is 6.11. The van der Waals surface area contributed by atoms with Crippen LogP contribution in [0.2, 0.25) is 0 Å². The summed E-state index contributed by atoms with van der Waals surface area (Å²) in [6, 6.07) is 0. The molecule has 0 aromatic heterocycles. The minimum Gasteiger partial charge on any atom is -0.148 e. The highest BCUT2D eigenvalue weighted by molar-refractivity contribution is 8.17. The minimum absolute atomic E-state index is 0.825. The second-order valence-corrected chi connectivity index (χ2v) is 6.31. The molecule has 1 fully saturated rings. The summed E-state index contributed by atoms with van der Waals surface area (Å²) in [5.74, 6) is 3.57. The fourth-order valence-electron chi connectivity index (χ4n) is 1.38. The minimum atomic E-state index is 0.825. The molecule has 0 aliphatic carbocycles. The molecule has 0 nitrogen and oxygen atoms in total. The van der Waals surface area contributed by atoms with Crippen molar-refractivity contribution in [3.05, 3.63) is 12.7 Å². The predicted octanol–water partition coefficient (Wildman–Crippen LogP) is 3.78. The summed E-state index contributed by atoms with van der Waals surface area (Å²) in [4.78, 5) is 0. The molecule has 0 aromatic rings. The number of hydrogen-bond donors (Lipinski definition) is 0. The van der Waals surface area contributed by atoms with Gasteiger partial charge >= 0.3 is 0 Å². The van der Waals surface area contributed by atoms with Gasteiger partial charge in [-0.3, -0.25) is 0 Å². The summed E-state index contributed by atoms with van der Waals surface area (Å²) >= 11 is 4.29. The average molecular weight is 202 g/mol. The monoisotopic (exact) mass is 202 g/mol. The Morgan fingerprint density at radius 1 is 1.50 bits per heavy atom. The molecule has 1 saturated heterocycles. The molecule has 0 aromatic carbocycles. The van der Waals surface area contributed by atoms with Crippen molar-refractivity contribution in [3.63, 3.8) is 0 Å². The maximum Gasteiger partial charge on any atom is 0.0505 e. The van der Waals surface area contributed by atoms with Crippen LogP contribution in [-0.4, -0.2) is 16.1 Å². The molecule has 0 N–H and O–H groups in total. The Morgan fingerprint density at radius 3 is 2.75 bits per heavy atom. The van der Waals surface area contributed by atoms with Gasteiger partial charge in [0.1, 0.15) is 0 Å². The van der Waals surface area contributed by atoms with Crippen LogP contribution < -0.4 is 0 Å². The van der Waals surface area contributed by atoms with Gasteiger partial charge in [0.05, 0.1) is 4.58 Å². The van der Waals surface area contributed by atoms with Gasteiger partial charge in [0.2, 0.25) is 0 Å². The fraction of sp³-hybridized carbons (Fsp3) is 0.800. The molecule has 70 valence electrons. The molecule has 1 rings (SSSR count). The Kier molecular flexibility index (Phi) is 5.24. The Bertz CT molecular complexity index is 128. The average Bonchev–Trinajstić information content (AvgIpc) is 2.06. The van der Waals surface area contributed by atoms with Crippen molar-refractivity contribution in [2.75, 3.05) is 11.5 Å². The second kappa shape index (κ2) is 5.98.